The molecule has 0 aliphatic heterocycles. The molecule has 3 nitrogen and oxygen atoms in total. The van der Waals surface area contributed by atoms with Crippen LogP contribution in [0.1, 0.15) is 12.5 Å². The summed E-state index contributed by atoms with van der Waals surface area (Å²) in [5, 5.41) is 2.49. The predicted octanol–water partition coefficient (Wildman–Crippen LogP) is 3.63. The number of carbonyl (C=O) groups excluding carboxylic acids is 1. The Morgan fingerprint density at radius 2 is 1.91 bits per heavy atom. The number of hydrogen-bond acceptors (Lipinski definition) is 3. The second-order valence-electron chi connectivity index (χ2n) is 4.76. The van der Waals surface area contributed by atoms with Crippen molar-refractivity contribution in [3.05, 3.63) is 59.9 Å². The van der Waals surface area contributed by atoms with Crippen LogP contribution in [-0.4, -0.2) is 18.3 Å². The Morgan fingerprint density at radius 1 is 1.23 bits per heavy atom. The van der Waals surface area contributed by atoms with Gasteiger partial charge in [-0.15, -0.1) is 11.8 Å². The second-order valence-corrected chi connectivity index (χ2v) is 6.14. The SMILES string of the molecule is COc1ccc(CNC(=O)[C@H](C)Sc2ccccc2F)cc1. The van der Waals surface area contributed by atoms with Gasteiger partial charge in [-0.25, -0.2) is 4.39 Å². The van der Waals surface area contributed by atoms with Gasteiger partial charge < -0.3 is 10.1 Å². The first-order valence-electron chi connectivity index (χ1n) is 6.92. The fourth-order valence-electron chi connectivity index (χ4n) is 1.86. The van der Waals surface area contributed by atoms with E-state index in [0.717, 1.165) is 11.3 Å². The molecule has 2 rings (SSSR count). The van der Waals surface area contributed by atoms with Crippen molar-refractivity contribution < 1.29 is 13.9 Å². The van der Waals surface area contributed by atoms with Crippen molar-refractivity contribution in [2.45, 2.75) is 23.6 Å². The van der Waals surface area contributed by atoms with Gasteiger partial charge in [0.2, 0.25) is 5.91 Å². The van der Waals surface area contributed by atoms with Gasteiger partial charge in [0.1, 0.15) is 11.6 Å². The van der Waals surface area contributed by atoms with E-state index in [1.807, 2.05) is 24.3 Å². The maximum Gasteiger partial charge on any atom is 0.233 e. The van der Waals surface area contributed by atoms with Crippen LogP contribution in [0.3, 0.4) is 0 Å². The summed E-state index contributed by atoms with van der Waals surface area (Å²) in [5.74, 6) is 0.352. The quantitative estimate of drug-likeness (QED) is 0.826. The van der Waals surface area contributed by atoms with Crippen LogP contribution in [-0.2, 0) is 11.3 Å². The lowest BCUT2D eigenvalue weighted by molar-refractivity contribution is -0.120. The number of carbonyl (C=O) groups is 1. The van der Waals surface area contributed by atoms with Crippen molar-refractivity contribution >= 4 is 17.7 Å². The van der Waals surface area contributed by atoms with Crippen molar-refractivity contribution in [1.82, 2.24) is 5.32 Å². The Bertz CT molecular complexity index is 631. The van der Waals surface area contributed by atoms with Gasteiger partial charge in [-0.1, -0.05) is 24.3 Å². The van der Waals surface area contributed by atoms with Gasteiger partial charge in [-0.2, -0.15) is 0 Å². The molecule has 0 aliphatic carbocycles. The van der Waals surface area contributed by atoms with Crippen molar-refractivity contribution in [3.63, 3.8) is 0 Å². The Kier molecular flexibility index (Phi) is 5.83. The summed E-state index contributed by atoms with van der Waals surface area (Å²) in [6, 6.07) is 13.9. The molecule has 0 unspecified atom stereocenters. The zero-order valence-electron chi connectivity index (χ0n) is 12.5. The summed E-state index contributed by atoms with van der Waals surface area (Å²) < 4.78 is 18.7. The highest BCUT2D eigenvalue weighted by Gasteiger charge is 2.15. The molecule has 1 atom stereocenters. The first-order chi connectivity index (χ1) is 10.6. The molecule has 0 saturated carbocycles. The maximum atomic E-state index is 13.6. The Hall–Kier alpha value is -2.01. The minimum atomic E-state index is -0.366. The number of rotatable bonds is 6. The van der Waals surface area contributed by atoms with Gasteiger partial charge in [0.15, 0.2) is 0 Å². The third kappa shape index (κ3) is 4.49. The lowest BCUT2D eigenvalue weighted by atomic mass is 10.2. The Labute approximate surface area is 133 Å². The number of methoxy groups -OCH3 is 1. The highest BCUT2D eigenvalue weighted by atomic mass is 32.2. The standard InChI is InChI=1S/C17H18FNO2S/c1-12(22-16-6-4-3-5-15(16)18)17(20)19-11-13-7-9-14(21-2)10-8-13/h3-10,12H,11H2,1-2H3,(H,19,20)/t12-/m0/s1. The fraction of sp³-hybridized carbons (Fsp3) is 0.235. The molecule has 0 saturated heterocycles. The van der Waals surface area contributed by atoms with Crippen LogP contribution < -0.4 is 10.1 Å². The highest BCUT2D eigenvalue weighted by Crippen LogP contribution is 2.25. The topological polar surface area (TPSA) is 38.3 Å². The van der Waals surface area contributed by atoms with E-state index in [4.69, 9.17) is 4.74 Å². The summed E-state index contributed by atoms with van der Waals surface area (Å²) in [5.41, 5.74) is 0.984. The van der Waals surface area contributed by atoms with E-state index in [-0.39, 0.29) is 17.0 Å². The van der Waals surface area contributed by atoms with Crippen LogP contribution in [0.2, 0.25) is 0 Å². The third-order valence-corrected chi connectivity index (χ3v) is 4.29. The smallest absolute Gasteiger partial charge is 0.233 e. The molecule has 0 aliphatic rings. The average molecular weight is 319 g/mol. The summed E-state index contributed by atoms with van der Waals surface area (Å²) in [6.07, 6.45) is 0. The second kappa shape index (κ2) is 7.84. The van der Waals surface area contributed by atoms with E-state index in [2.05, 4.69) is 5.32 Å². The van der Waals surface area contributed by atoms with Crippen LogP contribution in [0, 0.1) is 5.82 Å². The molecule has 0 radical (unpaired) electrons. The Balaban J connectivity index is 1.87. The summed E-state index contributed by atoms with van der Waals surface area (Å²) in [7, 11) is 1.61. The zero-order chi connectivity index (χ0) is 15.9. The molecule has 2 aromatic carbocycles. The van der Waals surface area contributed by atoms with Gasteiger partial charge in [0.05, 0.1) is 12.4 Å². The molecular formula is C17H18FNO2S. The minimum absolute atomic E-state index is 0.121. The van der Waals surface area contributed by atoms with Gasteiger partial charge in [-0.05, 0) is 36.8 Å². The van der Waals surface area contributed by atoms with Gasteiger partial charge in [0.25, 0.3) is 0 Å². The van der Waals surface area contributed by atoms with Crippen LogP contribution in [0.5, 0.6) is 5.75 Å². The van der Waals surface area contributed by atoms with Crippen molar-refractivity contribution in [1.29, 1.82) is 0 Å². The van der Waals surface area contributed by atoms with Gasteiger partial charge in [0, 0.05) is 11.4 Å². The molecule has 1 amide bonds. The molecule has 0 bridgehead atoms. The van der Waals surface area contributed by atoms with E-state index in [1.54, 1.807) is 32.2 Å². The first kappa shape index (κ1) is 16.4. The summed E-state index contributed by atoms with van der Waals surface area (Å²) in [6.45, 7) is 2.20. The van der Waals surface area contributed by atoms with E-state index < -0.39 is 0 Å². The molecule has 2 aromatic rings. The third-order valence-electron chi connectivity index (χ3n) is 3.14. The molecule has 116 valence electrons. The number of hydrogen-bond donors (Lipinski definition) is 1. The van der Waals surface area contributed by atoms with Gasteiger partial charge >= 0.3 is 0 Å². The molecular weight excluding hydrogens is 301 g/mol. The van der Waals surface area contributed by atoms with Crippen LogP contribution in [0.25, 0.3) is 0 Å². The number of amides is 1. The minimum Gasteiger partial charge on any atom is -0.497 e. The van der Waals surface area contributed by atoms with E-state index in [1.165, 1.54) is 17.8 Å². The molecule has 0 spiro atoms. The molecule has 1 N–H and O–H groups in total. The predicted molar refractivity (Wildman–Crippen MR) is 86.6 cm³/mol. The summed E-state index contributed by atoms with van der Waals surface area (Å²) in [4.78, 5) is 12.6. The Morgan fingerprint density at radius 3 is 2.55 bits per heavy atom. The fourth-order valence-corrected chi connectivity index (χ4v) is 2.77. The van der Waals surface area contributed by atoms with Crippen molar-refractivity contribution in [2.75, 3.05) is 7.11 Å². The summed E-state index contributed by atoms with van der Waals surface area (Å²) >= 11 is 1.21. The highest BCUT2D eigenvalue weighted by molar-refractivity contribution is 8.00. The monoisotopic (exact) mass is 319 g/mol. The zero-order valence-corrected chi connectivity index (χ0v) is 13.3. The van der Waals surface area contributed by atoms with Gasteiger partial charge in [-0.3, -0.25) is 4.79 Å². The molecule has 0 fully saturated rings. The first-order valence-corrected chi connectivity index (χ1v) is 7.80. The number of nitrogens with one attached hydrogen (secondary N) is 1. The average Bonchev–Trinajstić information content (AvgIpc) is 2.55. The molecule has 22 heavy (non-hydrogen) atoms. The van der Waals surface area contributed by atoms with Crippen molar-refractivity contribution in [3.8, 4) is 5.75 Å². The van der Waals surface area contributed by atoms with Crippen LogP contribution in [0.4, 0.5) is 4.39 Å². The molecule has 0 heterocycles. The van der Waals surface area contributed by atoms with Crippen LogP contribution in [0.15, 0.2) is 53.4 Å². The van der Waals surface area contributed by atoms with Crippen molar-refractivity contribution in [2.24, 2.45) is 0 Å². The maximum absolute atomic E-state index is 13.6. The lowest BCUT2D eigenvalue weighted by Crippen LogP contribution is -2.30. The number of benzene rings is 2. The van der Waals surface area contributed by atoms with E-state index >= 15 is 0 Å². The number of halogens is 1. The lowest BCUT2D eigenvalue weighted by Gasteiger charge is -2.12. The number of thioether (sulfide) groups is 1. The molecule has 0 aromatic heterocycles. The van der Waals surface area contributed by atoms with Crippen LogP contribution >= 0.6 is 11.8 Å². The molecule has 5 heteroatoms. The largest absolute Gasteiger partial charge is 0.497 e. The number of ether oxygens (including phenoxy) is 1. The van der Waals surface area contributed by atoms with E-state index in [0.29, 0.717) is 11.4 Å². The van der Waals surface area contributed by atoms with E-state index in [9.17, 15) is 9.18 Å². The normalized spacial score (nSPS) is 11.8.